The number of ether oxygens (including phenoxy) is 3. The van der Waals surface area contributed by atoms with Crippen LogP contribution >= 0.6 is 0 Å². The molecule has 1 unspecified atom stereocenters. The third-order valence-electron chi connectivity index (χ3n) is 1.61. The summed E-state index contributed by atoms with van der Waals surface area (Å²) in [5, 5.41) is 8.38. The minimum Gasteiger partial charge on any atom is -1.00 e. The molecule has 0 saturated heterocycles. The number of aliphatic hydroxyl groups excluding tert-OH is 1. The molecule has 7 nitrogen and oxygen atoms in total. The predicted molar refractivity (Wildman–Crippen MR) is 56.8 cm³/mol. The van der Waals surface area contributed by atoms with Crippen molar-refractivity contribution in [3.63, 3.8) is 0 Å². The quantitative estimate of drug-likeness (QED) is 0.242. The Morgan fingerprint density at radius 2 is 1.59 bits per heavy atom. The van der Waals surface area contributed by atoms with Gasteiger partial charge in [0.1, 0.15) is 0 Å². The Hall–Kier alpha value is 0.750. The molecule has 2 N–H and O–H groups in total. The molecule has 0 aliphatic heterocycles. The first-order valence-corrected chi connectivity index (χ1v) is 6.33. The van der Waals surface area contributed by atoms with Crippen molar-refractivity contribution in [1.29, 1.82) is 0 Å². The van der Waals surface area contributed by atoms with Crippen LogP contribution in [-0.4, -0.2) is 63.2 Å². The molecule has 0 aromatic heterocycles. The van der Waals surface area contributed by atoms with Gasteiger partial charge < -0.3 is 20.7 Å². The summed E-state index contributed by atoms with van der Waals surface area (Å²) in [5.41, 5.74) is -1.25. The van der Waals surface area contributed by atoms with Crippen LogP contribution < -0.4 is 29.6 Å². The fourth-order valence-corrected chi connectivity index (χ4v) is 1.01. The van der Waals surface area contributed by atoms with E-state index < -0.39 is 15.6 Å². The molecule has 0 saturated carbocycles. The van der Waals surface area contributed by atoms with Crippen molar-refractivity contribution >= 4 is 10.1 Å². The van der Waals surface area contributed by atoms with Crippen LogP contribution in [0, 0.1) is 0 Å². The predicted octanol–water partition coefficient (Wildman–Crippen LogP) is -3.62. The van der Waals surface area contributed by atoms with Crippen LogP contribution in [0.1, 0.15) is 8.35 Å². The second-order valence-electron chi connectivity index (χ2n) is 2.90. The van der Waals surface area contributed by atoms with Crippen molar-refractivity contribution < 1.29 is 63.3 Å². The minimum absolute atomic E-state index is 0. The topological polar surface area (TPSA) is 102 Å². The van der Waals surface area contributed by atoms with Gasteiger partial charge in [-0.15, -0.1) is 0 Å². The minimum atomic E-state index is -4.14. The number of hydrogen-bond acceptors (Lipinski definition) is 6. The van der Waals surface area contributed by atoms with E-state index in [4.69, 9.17) is 23.9 Å². The zero-order valence-electron chi connectivity index (χ0n) is 11.2. The van der Waals surface area contributed by atoms with Crippen LogP contribution in [0.15, 0.2) is 0 Å². The van der Waals surface area contributed by atoms with Gasteiger partial charge in [-0.2, -0.15) is 8.42 Å². The van der Waals surface area contributed by atoms with Crippen LogP contribution in [0.3, 0.4) is 0 Å². The van der Waals surface area contributed by atoms with E-state index >= 15 is 0 Å². The maximum Gasteiger partial charge on any atom is 1.00 e. The van der Waals surface area contributed by atoms with E-state index in [1.54, 1.807) is 0 Å². The number of hydrogen-bond donors (Lipinski definition) is 2. The van der Waals surface area contributed by atoms with Crippen LogP contribution in [0.5, 0.6) is 0 Å². The van der Waals surface area contributed by atoms with Crippen LogP contribution in [0.4, 0.5) is 0 Å². The van der Waals surface area contributed by atoms with Crippen LogP contribution in [0.2, 0.25) is 0 Å². The molecule has 9 heteroatoms. The molecule has 0 aromatic carbocycles. The summed E-state index contributed by atoms with van der Waals surface area (Å²) >= 11 is 0. The van der Waals surface area contributed by atoms with Gasteiger partial charge >= 0.3 is 29.6 Å². The van der Waals surface area contributed by atoms with Crippen LogP contribution in [0.25, 0.3) is 0 Å². The second-order valence-corrected chi connectivity index (χ2v) is 4.60. The molecule has 0 aliphatic rings. The first-order chi connectivity index (χ1) is 7.48. The summed E-state index contributed by atoms with van der Waals surface area (Å²) in [7, 11) is -4.14. The smallest absolute Gasteiger partial charge is 1.00 e. The molecule has 0 fully saturated rings. The van der Waals surface area contributed by atoms with E-state index in [0.29, 0.717) is 13.2 Å². The fraction of sp³-hybridized carbons (Fsp3) is 1.00. The summed E-state index contributed by atoms with van der Waals surface area (Å²) in [6.07, 6.45) is 0. The van der Waals surface area contributed by atoms with Crippen molar-refractivity contribution in [3.8, 4) is 0 Å². The summed E-state index contributed by atoms with van der Waals surface area (Å²) in [4.78, 5) is 0. The molecule has 0 radical (unpaired) electrons. The molecule has 17 heavy (non-hydrogen) atoms. The molecule has 1 atom stereocenters. The maximum absolute atomic E-state index is 10.5. The average molecular weight is 282 g/mol. The van der Waals surface area contributed by atoms with Gasteiger partial charge in [0, 0.05) is 0 Å². The molecule has 0 heterocycles. The van der Waals surface area contributed by atoms with Gasteiger partial charge in [-0.1, -0.05) is 0 Å². The Kier molecular flexibility index (Phi) is 14.0. The van der Waals surface area contributed by atoms with E-state index in [9.17, 15) is 8.42 Å². The van der Waals surface area contributed by atoms with E-state index in [2.05, 4.69) is 0 Å². The summed E-state index contributed by atoms with van der Waals surface area (Å²) < 4.78 is 44.3. The van der Waals surface area contributed by atoms with Gasteiger partial charge in [0.15, 0.2) is 5.44 Å². The van der Waals surface area contributed by atoms with Gasteiger partial charge in [-0.25, -0.2) is 0 Å². The summed E-state index contributed by atoms with van der Waals surface area (Å²) in [5.74, 6) is 0. The van der Waals surface area contributed by atoms with Crippen molar-refractivity contribution in [2.75, 3.05) is 39.6 Å². The van der Waals surface area contributed by atoms with Crippen molar-refractivity contribution in [2.24, 2.45) is 0 Å². The summed E-state index contributed by atoms with van der Waals surface area (Å²) in [6.45, 7) is 2.44. The van der Waals surface area contributed by atoms with E-state index in [1.807, 2.05) is 0 Å². The van der Waals surface area contributed by atoms with E-state index in [1.165, 1.54) is 6.92 Å². The molecule has 0 spiro atoms. The van der Waals surface area contributed by atoms with Gasteiger partial charge in [0.25, 0.3) is 10.1 Å². The normalized spacial score (nSPS) is 13.1. The molecular formula is C8H19NaO7S. The second kappa shape index (κ2) is 11.8. The van der Waals surface area contributed by atoms with Crippen molar-refractivity contribution in [1.82, 2.24) is 0 Å². The SMILES string of the molecule is CC(OCCOCCOCCO)S(=O)(=O)O.[H-].[Na+]. The average Bonchev–Trinajstić information content (AvgIpc) is 2.20. The van der Waals surface area contributed by atoms with Gasteiger partial charge in [-0.3, -0.25) is 4.55 Å². The largest absolute Gasteiger partial charge is 1.00 e. The standard InChI is InChI=1S/C8H18O7S.Na.H/c1-8(16(10,11)12)15-7-6-14-5-4-13-3-2-9;;/h8-9H,2-7H2,1H3,(H,10,11,12);;/q;+1;-1. The molecule has 0 aromatic rings. The Morgan fingerprint density at radius 3 is 2.06 bits per heavy atom. The van der Waals surface area contributed by atoms with E-state index in [0.717, 1.165) is 0 Å². The van der Waals surface area contributed by atoms with Gasteiger partial charge in [0.2, 0.25) is 0 Å². The zero-order chi connectivity index (χ0) is 12.4. The maximum atomic E-state index is 10.5. The monoisotopic (exact) mass is 282 g/mol. The third-order valence-corrected chi connectivity index (χ3v) is 2.58. The first-order valence-electron chi connectivity index (χ1n) is 4.82. The van der Waals surface area contributed by atoms with Crippen molar-refractivity contribution in [2.45, 2.75) is 12.4 Å². The van der Waals surface area contributed by atoms with Crippen LogP contribution in [-0.2, 0) is 24.3 Å². The molecule has 0 amide bonds. The van der Waals surface area contributed by atoms with E-state index in [-0.39, 0.29) is 57.4 Å². The Balaban J connectivity index is -0.00000112. The molecule has 0 rings (SSSR count). The number of aliphatic hydroxyl groups is 1. The van der Waals surface area contributed by atoms with Gasteiger partial charge in [0.05, 0.1) is 39.6 Å². The molecular weight excluding hydrogens is 263 g/mol. The first kappa shape index (κ1) is 20.1. The molecule has 100 valence electrons. The molecule has 0 aliphatic carbocycles. The Labute approximate surface area is 125 Å². The number of rotatable bonds is 10. The Morgan fingerprint density at radius 1 is 1.12 bits per heavy atom. The zero-order valence-corrected chi connectivity index (χ0v) is 13.0. The molecule has 0 bridgehead atoms. The van der Waals surface area contributed by atoms with Crippen molar-refractivity contribution in [3.05, 3.63) is 0 Å². The van der Waals surface area contributed by atoms with Gasteiger partial charge in [-0.05, 0) is 6.92 Å². The fourth-order valence-electron chi connectivity index (χ4n) is 0.746. The summed E-state index contributed by atoms with van der Waals surface area (Å²) in [6, 6.07) is 0. The third kappa shape index (κ3) is 13.0. The Bertz CT molecular complexity index is 262.